The van der Waals surface area contributed by atoms with E-state index in [9.17, 15) is 14.0 Å². The molecular weight excluding hydrogens is 387 g/mol. The first-order valence-electron chi connectivity index (χ1n) is 9.61. The summed E-state index contributed by atoms with van der Waals surface area (Å²) in [6.07, 6.45) is 2.66. The standard InChI is InChI=1S/C23H21FN2O2S/c1-15-10-11-17(12-19(15)24)21(27)14-29-22-18-8-5-9-20(18)26(23(28)25-22)13-16-6-3-2-4-7-16/h2-4,6-7,10-12H,5,8-9,13-14H2,1H3. The molecule has 0 saturated heterocycles. The number of hydrogen-bond acceptors (Lipinski definition) is 4. The maximum atomic E-state index is 13.7. The third kappa shape index (κ3) is 4.17. The lowest BCUT2D eigenvalue weighted by Gasteiger charge is -2.14. The SMILES string of the molecule is Cc1ccc(C(=O)CSc2nc(=O)n(Cc3ccccc3)c3c2CCC3)cc1F. The monoisotopic (exact) mass is 408 g/mol. The van der Waals surface area contributed by atoms with Crippen LogP contribution in [-0.4, -0.2) is 21.1 Å². The number of carbonyl (C=O) groups excluding carboxylic acids is 1. The summed E-state index contributed by atoms with van der Waals surface area (Å²) in [4.78, 5) is 29.5. The molecule has 0 radical (unpaired) electrons. The highest BCUT2D eigenvalue weighted by Crippen LogP contribution is 2.30. The molecule has 148 valence electrons. The molecule has 1 heterocycles. The predicted molar refractivity (Wildman–Crippen MR) is 112 cm³/mol. The molecule has 29 heavy (non-hydrogen) atoms. The molecule has 2 aromatic carbocycles. The molecule has 3 aromatic rings. The Morgan fingerprint density at radius 2 is 1.97 bits per heavy atom. The Kier molecular flexibility index (Phi) is 5.62. The number of aryl methyl sites for hydroxylation is 1. The quantitative estimate of drug-likeness (QED) is 0.348. The van der Waals surface area contributed by atoms with Crippen LogP contribution in [0, 0.1) is 12.7 Å². The minimum atomic E-state index is -0.386. The summed E-state index contributed by atoms with van der Waals surface area (Å²) in [5, 5.41) is 0.632. The van der Waals surface area contributed by atoms with Gasteiger partial charge in [-0.15, -0.1) is 0 Å². The summed E-state index contributed by atoms with van der Waals surface area (Å²) >= 11 is 1.27. The number of hydrogen-bond donors (Lipinski definition) is 0. The Morgan fingerprint density at radius 1 is 1.17 bits per heavy atom. The van der Waals surface area contributed by atoms with Gasteiger partial charge in [-0.2, -0.15) is 4.98 Å². The van der Waals surface area contributed by atoms with Crippen molar-refractivity contribution < 1.29 is 9.18 Å². The molecule has 4 nitrogen and oxygen atoms in total. The van der Waals surface area contributed by atoms with Gasteiger partial charge in [0.05, 0.1) is 12.3 Å². The van der Waals surface area contributed by atoms with Crippen LogP contribution in [0.2, 0.25) is 0 Å². The lowest BCUT2D eigenvalue weighted by atomic mass is 10.1. The zero-order valence-electron chi connectivity index (χ0n) is 16.2. The fraction of sp³-hybridized carbons (Fsp3) is 0.261. The zero-order chi connectivity index (χ0) is 20.4. The number of ketones is 1. The molecule has 0 amide bonds. The number of carbonyl (C=O) groups is 1. The van der Waals surface area contributed by atoms with E-state index in [2.05, 4.69) is 4.98 Å². The van der Waals surface area contributed by atoms with Crippen LogP contribution in [0.4, 0.5) is 4.39 Å². The first kappa shape index (κ1) is 19.6. The molecular formula is C23H21FN2O2S. The Bertz CT molecular complexity index is 1130. The maximum Gasteiger partial charge on any atom is 0.349 e. The van der Waals surface area contributed by atoms with E-state index < -0.39 is 0 Å². The van der Waals surface area contributed by atoms with Gasteiger partial charge in [-0.3, -0.25) is 9.36 Å². The second kappa shape index (κ2) is 8.33. The first-order valence-corrected chi connectivity index (χ1v) is 10.6. The van der Waals surface area contributed by atoms with Gasteiger partial charge < -0.3 is 0 Å². The normalized spacial score (nSPS) is 12.8. The molecule has 0 saturated carbocycles. The number of fused-ring (bicyclic) bond motifs is 1. The molecule has 6 heteroatoms. The van der Waals surface area contributed by atoms with E-state index in [-0.39, 0.29) is 23.0 Å². The van der Waals surface area contributed by atoms with Crippen molar-refractivity contribution in [3.05, 3.63) is 92.8 Å². The Labute approximate surface area is 172 Å². The highest BCUT2D eigenvalue weighted by Gasteiger charge is 2.23. The van der Waals surface area contributed by atoms with Crippen LogP contribution in [-0.2, 0) is 19.4 Å². The van der Waals surface area contributed by atoms with E-state index >= 15 is 0 Å². The van der Waals surface area contributed by atoms with Crippen molar-refractivity contribution in [2.45, 2.75) is 37.8 Å². The topological polar surface area (TPSA) is 52.0 Å². The third-order valence-corrected chi connectivity index (χ3v) is 6.24. The fourth-order valence-electron chi connectivity index (χ4n) is 3.62. The van der Waals surface area contributed by atoms with Crippen LogP contribution < -0.4 is 5.69 Å². The van der Waals surface area contributed by atoms with Crippen LogP contribution in [0.3, 0.4) is 0 Å². The number of nitrogens with zero attached hydrogens (tertiary/aromatic N) is 2. The summed E-state index contributed by atoms with van der Waals surface area (Å²) in [6, 6.07) is 14.4. The second-order valence-corrected chi connectivity index (χ2v) is 8.19. The molecule has 1 aliphatic carbocycles. The van der Waals surface area contributed by atoms with Crippen LogP contribution in [0.15, 0.2) is 58.4 Å². The fourth-order valence-corrected chi connectivity index (χ4v) is 4.59. The average molecular weight is 408 g/mol. The minimum absolute atomic E-state index is 0.129. The molecule has 0 aliphatic heterocycles. The zero-order valence-corrected chi connectivity index (χ0v) is 17.0. The molecule has 0 spiro atoms. The summed E-state index contributed by atoms with van der Waals surface area (Å²) in [5.74, 6) is -0.427. The number of rotatable bonds is 6. The summed E-state index contributed by atoms with van der Waals surface area (Å²) in [5.41, 5.74) is 3.71. The molecule has 0 N–H and O–H groups in total. The van der Waals surface area contributed by atoms with Crippen molar-refractivity contribution in [1.82, 2.24) is 9.55 Å². The van der Waals surface area contributed by atoms with Gasteiger partial charge in [0.25, 0.3) is 0 Å². The Hall–Kier alpha value is -2.73. The highest BCUT2D eigenvalue weighted by molar-refractivity contribution is 8.00. The predicted octanol–water partition coefficient (Wildman–Crippen LogP) is 4.20. The van der Waals surface area contributed by atoms with Gasteiger partial charge in [-0.25, -0.2) is 9.18 Å². The molecule has 0 fully saturated rings. The second-order valence-electron chi connectivity index (χ2n) is 7.23. The summed E-state index contributed by atoms with van der Waals surface area (Å²) in [7, 11) is 0. The van der Waals surface area contributed by atoms with E-state index in [4.69, 9.17) is 0 Å². The van der Waals surface area contributed by atoms with Crippen molar-refractivity contribution in [2.24, 2.45) is 0 Å². The molecule has 4 rings (SSSR count). The molecule has 0 atom stereocenters. The van der Waals surface area contributed by atoms with E-state index in [1.54, 1.807) is 23.6 Å². The van der Waals surface area contributed by atoms with Gasteiger partial charge in [0.1, 0.15) is 10.8 Å². The molecule has 0 bridgehead atoms. The third-order valence-electron chi connectivity index (χ3n) is 5.22. The van der Waals surface area contributed by atoms with Gasteiger partial charge in [-0.1, -0.05) is 54.2 Å². The van der Waals surface area contributed by atoms with Gasteiger partial charge >= 0.3 is 5.69 Å². The van der Waals surface area contributed by atoms with Crippen LogP contribution in [0.25, 0.3) is 0 Å². The number of thioether (sulfide) groups is 1. The van der Waals surface area contributed by atoms with Gasteiger partial charge in [-0.05, 0) is 43.4 Å². The first-order chi connectivity index (χ1) is 14.0. The van der Waals surface area contributed by atoms with E-state index in [0.29, 0.717) is 22.7 Å². The minimum Gasteiger partial charge on any atom is -0.293 e. The Morgan fingerprint density at radius 3 is 2.72 bits per heavy atom. The van der Waals surface area contributed by atoms with E-state index in [1.165, 1.54) is 17.8 Å². The van der Waals surface area contributed by atoms with Crippen LogP contribution in [0.1, 0.15) is 39.2 Å². The number of halogens is 1. The Balaban J connectivity index is 1.56. The van der Waals surface area contributed by atoms with Gasteiger partial charge in [0.15, 0.2) is 5.78 Å². The average Bonchev–Trinajstić information content (AvgIpc) is 3.21. The number of aromatic nitrogens is 2. The van der Waals surface area contributed by atoms with Crippen molar-refractivity contribution in [1.29, 1.82) is 0 Å². The van der Waals surface area contributed by atoms with E-state index in [0.717, 1.165) is 36.1 Å². The van der Waals surface area contributed by atoms with Crippen molar-refractivity contribution in [3.8, 4) is 0 Å². The molecule has 1 aromatic heterocycles. The summed E-state index contributed by atoms with van der Waals surface area (Å²) < 4.78 is 15.5. The lowest BCUT2D eigenvalue weighted by molar-refractivity contribution is 0.102. The van der Waals surface area contributed by atoms with Gasteiger partial charge in [0, 0.05) is 16.8 Å². The van der Waals surface area contributed by atoms with E-state index in [1.807, 2.05) is 30.3 Å². The van der Waals surface area contributed by atoms with Gasteiger partial charge in [0.2, 0.25) is 0 Å². The van der Waals surface area contributed by atoms with Crippen molar-refractivity contribution in [2.75, 3.05) is 5.75 Å². The molecule has 1 aliphatic rings. The van der Waals surface area contributed by atoms with Crippen molar-refractivity contribution in [3.63, 3.8) is 0 Å². The van der Waals surface area contributed by atoms with Crippen LogP contribution in [0.5, 0.6) is 0 Å². The number of Topliss-reactive ketones (excluding diaryl/α,β-unsaturated/α-hetero) is 1. The largest absolute Gasteiger partial charge is 0.349 e. The lowest BCUT2D eigenvalue weighted by Crippen LogP contribution is -2.27. The van der Waals surface area contributed by atoms with Crippen molar-refractivity contribution >= 4 is 17.5 Å². The molecule has 0 unspecified atom stereocenters. The van der Waals surface area contributed by atoms with Crippen LogP contribution >= 0.6 is 11.8 Å². The smallest absolute Gasteiger partial charge is 0.293 e. The highest BCUT2D eigenvalue weighted by atomic mass is 32.2. The number of benzene rings is 2. The maximum absolute atomic E-state index is 13.7. The summed E-state index contributed by atoms with van der Waals surface area (Å²) in [6.45, 7) is 2.16.